The number of aromatic hydroxyl groups is 1. The maximum atomic E-state index is 10.8. The fourth-order valence-corrected chi connectivity index (χ4v) is 2.12. The summed E-state index contributed by atoms with van der Waals surface area (Å²) in [7, 11) is 0. The van der Waals surface area contributed by atoms with E-state index in [-0.39, 0.29) is 17.0 Å². The van der Waals surface area contributed by atoms with Crippen LogP contribution < -0.4 is 0 Å². The first-order valence-corrected chi connectivity index (χ1v) is 7.70. The van der Waals surface area contributed by atoms with Crippen molar-refractivity contribution in [3.63, 3.8) is 0 Å². The average Bonchev–Trinajstić information content (AvgIpc) is 2.67. The number of aliphatic imine (C=N–C) groups is 1. The van der Waals surface area contributed by atoms with E-state index in [1.807, 2.05) is 30.3 Å². The third kappa shape index (κ3) is 4.35. The zero-order valence-corrected chi connectivity index (χ0v) is 13.6. The van der Waals surface area contributed by atoms with Crippen LogP contribution in [0.25, 0.3) is 0 Å². The molecule has 1 N–H and O–H groups in total. The lowest BCUT2D eigenvalue weighted by atomic mass is 10.2. The molecular formula is C19H14N4O3. The van der Waals surface area contributed by atoms with Gasteiger partial charge in [0.05, 0.1) is 22.0 Å². The largest absolute Gasteiger partial charge is 0.507 e. The second-order valence-corrected chi connectivity index (χ2v) is 5.31. The van der Waals surface area contributed by atoms with Gasteiger partial charge in [-0.3, -0.25) is 15.1 Å². The highest BCUT2D eigenvalue weighted by Crippen LogP contribution is 2.24. The van der Waals surface area contributed by atoms with Crippen molar-refractivity contribution < 1.29 is 10.0 Å². The smallest absolute Gasteiger partial charge is 0.270 e. The molecule has 0 aromatic heterocycles. The molecule has 0 saturated carbocycles. The van der Waals surface area contributed by atoms with Crippen LogP contribution in [-0.2, 0) is 0 Å². The van der Waals surface area contributed by atoms with Crippen molar-refractivity contribution in [2.24, 2.45) is 15.2 Å². The Morgan fingerprint density at radius 1 is 0.846 bits per heavy atom. The maximum Gasteiger partial charge on any atom is 0.270 e. The van der Waals surface area contributed by atoms with E-state index in [1.165, 1.54) is 24.4 Å². The normalized spacial score (nSPS) is 11.2. The van der Waals surface area contributed by atoms with Gasteiger partial charge in [0, 0.05) is 23.9 Å². The Bertz CT molecular complexity index is 968. The molecule has 7 nitrogen and oxygen atoms in total. The van der Waals surface area contributed by atoms with Crippen LogP contribution in [0.5, 0.6) is 5.75 Å². The van der Waals surface area contributed by atoms with Gasteiger partial charge in [-0.15, -0.1) is 0 Å². The van der Waals surface area contributed by atoms with E-state index in [9.17, 15) is 15.2 Å². The Labute approximate surface area is 149 Å². The predicted octanol–water partition coefficient (Wildman–Crippen LogP) is 5.47. The van der Waals surface area contributed by atoms with E-state index >= 15 is 0 Å². The van der Waals surface area contributed by atoms with Crippen LogP contribution in [0.2, 0.25) is 0 Å². The first-order valence-electron chi connectivity index (χ1n) is 7.70. The summed E-state index contributed by atoms with van der Waals surface area (Å²) in [4.78, 5) is 14.5. The van der Waals surface area contributed by atoms with Crippen LogP contribution in [0.3, 0.4) is 0 Å². The van der Waals surface area contributed by atoms with Gasteiger partial charge in [0.15, 0.2) is 0 Å². The lowest BCUT2D eigenvalue weighted by Gasteiger charge is -1.99. The van der Waals surface area contributed by atoms with Gasteiger partial charge < -0.3 is 5.11 Å². The maximum absolute atomic E-state index is 10.8. The van der Waals surface area contributed by atoms with Crippen LogP contribution in [0.4, 0.5) is 22.7 Å². The number of nitro groups is 1. The highest BCUT2D eigenvalue weighted by Gasteiger charge is 2.08. The van der Waals surface area contributed by atoms with Gasteiger partial charge in [-0.05, 0) is 42.5 Å². The number of rotatable bonds is 5. The Morgan fingerprint density at radius 3 is 2.12 bits per heavy atom. The van der Waals surface area contributed by atoms with E-state index in [1.54, 1.807) is 24.3 Å². The summed E-state index contributed by atoms with van der Waals surface area (Å²) < 4.78 is 0. The monoisotopic (exact) mass is 346 g/mol. The fourth-order valence-electron chi connectivity index (χ4n) is 2.12. The summed E-state index contributed by atoms with van der Waals surface area (Å²) in [5.41, 5.74) is 2.21. The van der Waals surface area contributed by atoms with Crippen molar-refractivity contribution in [3.8, 4) is 5.75 Å². The minimum atomic E-state index is -0.524. The molecule has 7 heteroatoms. The number of phenolic OH excluding ortho intramolecular Hbond substituents is 1. The number of nitrogens with zero attached hydrogens (tertiary/aromatic N) is 4. The molecule has 0 radical (unpaired) electrons. The molecule has 0 amide bonds. The second-order valence-electron chi connectivity index (χ2n) is 5.31. The Kier molecular flexibility index (Phi) is 5.09. The highest BCUT2D eigenvalue weighted by atomic mass is 16.6. The number of phenols is 1. The van der Waals surface area contributed by atoms with Crippen molar-refractivity contribution in [1.29, 1.82) is 0 Å². The lowest BCUT2D eigenvalue weighted by molar-refractivity contribution is -0.384. The molecule has 3 aromatic carbocycles. The molecule has 0 unspecified atom stereocenters. The molecule has 0 fully saturated rings. The molecule has 0 atom stereocenters. The van der Waals surface area contributed by atoms with E-state index in [0.29, 0.717) is 11.4 Å². The third-order valence-electron chi connectivity index (χ3n) is 3.46. The molecule has 0 spiro atoms. The number of hydrogen-bond acceptors (Lipinski definition) is 6. The van der Waals surface area contributed by atoms with E-state index in [2.05, 4.69) is 15.2 Å². The van der Waals surface area contributed by atoms with Crippen molar-refractivity contribution >= 4 is 29.0 Å². The van der Waals surface area contributed by atoms with Crippen molar-refractivity contribution in [2.45, 2.75) is 0 Å². The summed E-state index contributed by atoms with van der Waals surface area (Å²) in [6, 6.07) is 20.2. The summed E-state index contributed by atoms with van der Waals surface area (Å²) in [6.07, 6.45) is 1.38. The Morgan fingerprint density at radius 2 is 1.46 bits per heavy atom. The summed E-state index contributed by atoms with van der Waals surface area (Å²) in [5, 5.41) is 28.8. The second kappa shape index (κ2) is 7.80. The molecular weight excluding hydrogens is 332 g/mol. The highest BCUT2D eigenvalue weighted by molar-refractivity contribution is 5.86. The molecule has 0 saturated heterocycles. The standard InChI is InChI=1S/C19H14N4O3/c24-19-11-10-18(23(25)26)12-14(19)13-20-15-6-8-17(9-7-15)22-21-16-4-2-1-3-5-16/h1-13,24H/b20-13+,22-21+. The number of non-ortho nitro benzene ring substituents is 1. The van der Waals surface area contributed by atoms with E-state index in [0.717, 1.165) is 5.69 Å². The zero-order valence-electron chi connectivity index (χ0n) is 13.6. The molecule has 26 heavy (non-hydrogen) atoms. The first-order chi connectivity index (χ1) is 12.6. The van der Waals surface area contributed by atoms with Crippen LogP contribution >= 0.6 is 0 Å². The first kappa shape index (κ1) is 17.0. The number of hydrogen-bond donors (Lipinski definition) is 1. The number of nitro benzene ring substituents is 1. The van der Waals surface area contributed by atoms with Gasteiger partial charge in [-0.2, -0.15) is 10.2 Å². The quantitative estimate of drug-likeness (QED) is 0.287. The van der Waals surface area contributed by atoms with Gasteiger partial charge >= 0.3 is 0 Å². The van der Waals surface area contributed by atoms with Crippen LogP contribution in [0, 0.1) is 10.1 Å². The minimum Gasteiger partial charge on any atom is -0.507 e. The van der Waals surface area contributed by atoms with Gasteiger partial charge in [0.1, 0.15) is 5.75 Å². The molecule has 3 rings (SSSR count). The predicted molar refractivity (Wildman–Crippen MR) is 99.1 cm³/mol. The SMILES string of the molecule is O=[N+]([O-])c1ccc(O)c(/C=N/c2ccc(/N=N/c3ccccc3)cc2)c1. The molecule has 0 aliphatic carbocycles. The molecule has 0 aliphatic rings. The fraction of sp³-hybridized carbons (Fsp3) is 0. The minimum absolute atomic E-state index is 0.0763. The van der Waals surface area contributed by atoms with Crippen LogP contribution in [-0.4, -0.2) is 16.2 Å². The third-order valence-corrected chi connectivity index (χ3v) is 3.46. The van der Waals surface area contributed by atoms with E-state index < -0.39 is 4.92 Å². The Balaban J connectivity index is 1.73. The molecule has 3 aromatic rings. The molecule has 0 bridgehead atoms. The molecule has 0 aliphatic heterocycles. The van der Waals surface area contributed by atoms with Crippen molar-refractivity contribution in [2.75, 3.05) is 0 Å². The van der Waals surface area contributed by atoms with Crippen LogP contribution in [0.15, 0.2) is 88.0 Å². The van der Waals surface area contributed by atoms with Gasteiger partial charge in [-0.1, -0.05) is 18.2 Å². The lowest BCUT2D eigenvalue weighted by Crippen LogP contribution is -1.90. The molecule has 0 heterocycles. The summed E-state index contributed by atoms with van der Waals surface area (Å²) >= 11 is 0. The number of benzene rings is 3. The van der Waals surface area contributed by atoms with Crippen LogP contribution in [0.1, 0.15) is 5.56 Å². The topological polar surface area (TPSA) is 100 Å². The molecule has 128 valence electrons. The number of azo groups is 1. The summed E-state index contributed by atoms with van der Waals surface area (Å²) in [6.45, 7) is 0. The van der Waals surface area contributed by atoms with Gasteiger partial charge in [-0.25, -0.2) is 0 Å². The Hall–Kier alpha value is -3.87. The van der Waals surface area contributed by atoms with Gasteiger partial charge in [0.2, 0.25) is 0 Å². The van der Waals surface area contributed by atoms with E-state index in [4.69, 9.17) is 0 Å². The average molecular weight is 346 g/mol. The van der Waals surface area contributed by atoms with Crippen molar-refractivity contribution in [3.05, 3.63) is 88.5 Å². The van der Waals surface area contributed by atoms with Gasteiger partial charge in [0.25, 0.3) is 5.69 Å². The zero-order chi connectivity index (χ0) is 18.4. The van der Waals surface area contributed by atoms with Crippen molar-refractivity contribution in [1.82, 2.24) is 0 Å². The summed E-state index contributed by atoms with van der Waals surface area (Å²) in [5.74, 6) is -0.0763.